The fraction of sp³-hybridized carbons (Fsp3) is 0.522. The first-order valence-corrected chi connectivity index (χ1v) is 10.7. The Morgan fingerprint density at radius 2 is 1.66 bits per heavy atom. The van der Waals surface area contributed by atoms with Crippen molar-refractivity contribution in [2.24, 2.45) is 5.92 Å². The Morgan fingerprint density at radius 3 is 2.16 bits per heavy atom. The van der Waals surface area contributed by atoms with Gasteiger partial charge in [-0.05, 0) is 31.2 Å². The average molecular weight is 454 g/mol. The highest BCUT2D eigenvalue weighted by molar-refractivity contribution is 5.76. The van der Waals surface area contributed by atoms with E-state index in [1.165, 1.54) is 7.11 Å². The monoisotopic (exact) mass is 453 g/mol. The van der Waals surface area contributed by atoms with Crippen molar-refractivity contribution >= 4 is 11.9 Å². The quantitative estimate of drug-likeness (QED) is 0.570. The van der Waals surface area contributed by atoms with Crippen LogP contribution < -0.4 is 4.90 Å². The maximum absolute atomic E-state index is 12.7. The number of carbonyl (C=O) groups is 1. The summed E-state index contributed by atoms with van der Waals surface area (Å²) in [5.74, 6) is -0.0350. The first kappa shape index (κ1) is 25.6. The van der Waals surface area contributed by atoms with Gasteiger partial charge in [-0.1, -0.05) is 44.2 Å². The first-order chi connectivity index (χ1) is 15.3. The van der Waals surface area contributed by atoms with E-state index in [0.717, 1.165) is 18.0 Å². The van der Waals surface area contributed by atoms with Crippen molar-refractivity contribution < 1.29 is 27.4 Å². The summed E-state index contributed by atoms with van der Waals surface area (Å²) in [4.78, 5) is 22.1. The molecule has 2 atom stereocenters. The van der Waals surface area contributed by atoms with Crippen molar-refractivity contribution in [3.05, 3.63) is 53.9 Å². The predicted molar refractivity (Wildman–Crippen MR) is 115 cm³/mol. The molecule has 0 saturated carbocycles. The molecular weight excluding hydrogens is 423 g/mol. The number of esters is 1. The molecule has 176 valence electrons. The lowest BCUT2D eigenvalue weighted by atomic mass is 9.92. The molecule has 2 heterocycles. The maximum atomic E-state index is 12.7. The number of aromatic nitrogens is 2. The highest BCUT2D eigenvalue weighted by Gasteiger charge is 2.33. The number of rotatable bonds is 6. The van der Waals surface area contributed by atoms with Gasteiger partial charge in [0.1, 0.15) is 6.10 Å². The molecule has 0 spiro atoms. The van der Waals surface area contributed by atoms with Crippen molar-refractivity contribution in [2.45, 2.75) is 52.0 Å². The molecule has 9 heteroatoms. The molecule has 2 aromatic rings. The standard InChI is InChI=1S/C21H24F3N3O3.C2H6/c1-14(30-19(28)18(29-2)16-6-4-3-5-7-16)15-8-10-27(11-9-15)20-25-12-17(13-26-20)21(22,23)24;1-2/h3-7,12-15,18H,8-11H2,1-2H3;1-2H3. The summed E-state index contributed by atoms with van der Waals surface area (Å²) in [5.41, 5.74) is -0.140. The van der Waals surface area contributed by atoms with Gasteiger partial charge < -0.3 is 14.4 Å². The van der Waals surface area contributed by atoms with Crippen LogP contribution in [0.5, 0.6) is 0 Å². The van der Waals surface area contributed by atoms with Crippen molar-refractivity contribution in [2.75, 3.05) is 25.1 Å². The van der Waals surface area contributed by atoms with Crippen molar-refractivity contribution in [1.82, 2.24) is 9.97 Å². The van der Waals surface area contributed by atoms with Crippen molar-refractivity contribution in [3.8, 4) is 0 Å². The van der Waals surface area contributed by atoms with E-state index >= 15 is 0 Å². The number of halogens is 3. The first-order valence-electron chi connectivity index (χ1n) is 10.7. The van der Waals surface area contributed by atoms with Crippen LogP contribution in [0.4, 0.5) is 19.1 Å². The summed E-state index contributed by atoms with van der Waals surface area (Å²) in [6.45, 7) is 7.00. The van der Waals surface area contributed by atoms with E-state index in [4.69, 9.17) is 9.47 Å². The molecule has 1 aromatic heterocycles. The van der Waals surface area contributed by atoms with Gasteiger partial charge in [-0.2, -0.15) is 13.2 Å². The maximum Gasteiger partial charge on any atom is 0.419 e. The summed E-state index contributed by atoms with van der Waals surface area (Å²) >= 11 is 0. The lowest BCUT2D eigenvalue weighted by Crippen LogP contribution is -2.39. The molecule has 1 saturated heterocycles. The molecule has 2 unspecified atom stereocenters. The Morgan fingerprint density at radius 1 is 1.09 bits per heavy atom. The second kappa shape index (κ2) is 11.8. The van der Waals surface area contributed by atoms with E-state index < -0.39 is 23.8 Å². The lowest BCUT2D eigenvalue weighted by Gasteiger charge is -2.34. The Bertz CT molecular complexity index is 824. The molecule has 0 N–H and O–H groups in total. The van der Waals surface area contributed by atoms with Gasteiger partial charge in [-0.25, -0.2) is 14.8 Å². The lowest BCUT2D eigenvalue weighted by molar-refractivity contribution is -0.163. The van der Waals surface area contributed by atoms with Crippen LogP contribution in [-0.2, 0) is 20.4 Å². The third-order valence-electron chi connectivity index (χ3n) is 5.31. The molecule has 1 aromatic carbocycles. The molecular formula is C23H30F3N3O3. The second-order valence-corrected chi connectivity index (χ2v) is 7.26. The van der Waals surface area contributed by atoms with E-state index in [1.807, 2.05) is 56.0 Å². The molecule has 0 aliphatic carbocycles. The zero-order valence-electron chi connectivity index (χ0n) is 18.8. The minimum atomic E-state index is -4.45. The van der Waals surface area contributed by atoms with Crippen LogP contribution in [0, 0.1) is 5.92 Å². The Balaban J connectivity index is 0.00000176. The van der Waals surface area contributed by atoms with Crippen LogP contribution in [-0.4, -0.2) is 42.2 Å². The zero-order valence-corrected chi connectivity index (χ0v) is 18.8. The van der Waals surface area contributed by atoms with Gasteiger partial charge in [0.2, 0.25) is 5.95 Å². The van der Waals surface area contributed by atoms with Crippen LogP contribution >= 0.6 is 0 Å². The van der Waals surface area contributed by atoms with Crippen molar-refractivity contribution in [1.29, 1.82) is 0 Å². The van der Waals surface area contributed by atoms with Crippen LogP contribution in [0.15, 0.2) is 42.7 Å². The molecule has 0 bridgehead atoms. The SMILES string of the molecule is CC.COC(C(=O)OC(C)C1CCN(c2ncc(C(F)(F)F)cn2)CC1)c1ccccc1. The van der Waals surface area contributed by atoms with Gasteiger partial charge in [0.25, 0.3) is 0 Å². The fourth-order valence-corrected chi connectivity index (χ4v) is 3.54. The molecule has 1 aliphatic rings. The summed E-state index contributed by atoms with van der Waals surface area (Å²) in [6.07, 6.45) is -2.53. The zero-order chi connectivity index (χ0) is 23.7. The van der Waals surface area contributed by atoms with Gasteiger partial charge in [-0.3, -0.25) is 0 Å². The molecule has 1 fully saturated rings. The molecule has 3 rings (SSSR count). The van der Waals surface area contributed by atoms with Crippen molar-refractivity contribution in [3.63, 3.8) is 0 Å². The third-order valence-corrected chi connectivity index (χ3v) is 5.31. The number of carbonyl (C=O) groups excluding carboxylic acids is 1. The average Bonchev–Trinajstić information content (AvgIpc) is 2.81. The van der Waals surface area contributed by atoms with Crippen LogP contribution in [0.3, 0.4) is 0 Å². The van der Waals surface area contributed by atoms with E-state index in [2.05, 4.69) is 9.97 Å². The number of anilines is 1. The van der Waals surface area contributed by atoms with Gasteiger partial charge in [0, 0.05) is 32.6 Å². The van der Waals surface area contributed by atoms with E-state index in [1.54, 1.807) is 0 Å². The smallest absolute Gasteiger partial charge is 0.419 e. The molecule has 6 nitrogen and oxygen atoms in total. The number of alkyl halides is 3. The van der Waals surface area contributed by atoms with E-state index in [9.17, 15) is 18.0 Å². The van der Waals surface area contributed by atoms with Gasteiger partial charge in [0.05, 0.1) is 5.56 Å². The van der Waals surface area contributed by atoms with Gasteiger partial charge in [0.15, 0.2) is 6.10 Å². The number of methoxy groups -OCH3 is 1. The van der Waals surface area contributed by atoms with Crippen LogP contribution in [0.25, 0.3) is 0 Å². The largest absolute Gasteiger partial charge is 0.460 e. The second-order valence-electron chi connectivity index (χ2n) is 7.26. The topological polar surface area (TPSA) is 64.6 Å². The third kappa shape index (κ3) is 6.66. The molecule has 1 aliphatic heterocycles. The Labute approximate surface area is 186 Å². The number of nitrogens with zero attached hydrogens (tertiary/aromatic N) is 3. The Hall–Kier alpha value is -2.68. The summed E-state index contributed by atoms with van der Waals surface area (Å²) in [5, 5.41) is 0. The van der Waals surface area contributed by atoms with Gasteiger partial charge in [-0.15, -0.1) is 0 Å². The summed E-state index contributed by atoms with van der Waals surface area (Å²) in [6, 6.07) is 9.14. The molecule has 32 heavy (non-hydrogen) atoms. The predicted octanol–water partition coefficient (Wildman–Crippen LogP) is 5.06. The number of hydrogen-bond acceptors (Lipinski definition) is 6. The number of ether oxygens (including phenoxy) is 2. The molecule has 0 amide bonds. The number of piperidine rings is 1. The van der Waals surface area contributed by atoms with E-state index in [0.29, 0.717) is 25.9 Å². The normalized spacial score (nSPS) is 16.5. The number of hydrogen-bond donors (Lipinski definition) is 0. The number of benzene rings is 1. The molecule has 0 radical (unpaired) electrons. The van der Waals surface area contributed by atoms with Gasteiger partial charge >= 0.3 is 12.1 Å². The van der Waals surface area contributed by atoms with E-state index in [-0.39, 0.29) is 18.0 Å². The highest BCUT2D eigenvalue weighted by Crippen LogP contribution is 2.30. The fourth-order valence-electron chi connectivity index (χ4n) is 3.54. The van der Waals surface area contributed by atoms with Crippen LogP contribution in [0.2, 0.25) is 0 Å². The van der Waals surface area contributed by atoms with Crippen LogP contribution in [0.1, 0.15) is 50.8 Å². The Kier molecular flexibility index (Phi) is 9.43. The highest BCUT2D eigenvalue weighted by atomic mass is 19.4. The summed E-state index contributed by atoms with van der Waals surface area (Å²) < 4.78 is 48.9. The summed E-state index contributed by atoms with van der Waals surface area (Å²) in [7, 11) is 1.46. The minimum absolute atomic E-state index is 0.132. The minimum Gasteiger partial charge on any atom is -0.460 e.